The summed E-state index contributed by atoms with van der Waals surface area (Å²) in [6.07, 6.45) is 0. The van der Waals surface area contributed by atoms with Crippen LogP contribution in [0.1, 0.15) is 0 Å². The first kappa shape index (κ1) is 15.9. The zero-order chi connectivity index (χ0) is 4.71. The summed E-state index contributed by atoms with van der Waals surface area (Å²) in [6, 6.07) is 0. The Morgan fingerprint density at radius 1 is 1.17 bits per heavy atom. The maximum atomic E-state index is 7.12. The van der Waals surface area contributed by atoms with Crippen LogP contribution in [0.5, 0.6) is 0 Å². The van der Waals surface area contributed by atoms with Gasteiger partial charge in [-0.05, 0) is 0 Å². The van der Waals surface area contributed by atoms with E-state index in [2.05, 4.69) is 0 Å². The van der Waals surface area contributed by atoms with E-state index in [4.69, 9.17) is 15.3 Å². The number of rotatable bonds is 0. The highest BCUT2D eigenvalue weighted by Crippen LogP contribution is 1.17. The van der Waals surface area contributed by atoms with Crippen molar-refractivity contribution in [3.63, 3.8) is 0 Å². The van der Waals surface area contributed by atoms with E-state index in [1.807, 2.05) is 0 Å². The predicted molar refractivity (Wildman–Crippen MR) is 26.0 cm³/mol. The summed E-state index contributed by atoms with van der Waals surface area (Å²) < 4.78 is 0. The van der Waals surface area contributed by atoms with Gasteiger partial charge >= 0.3 is 23.1 Å². The minimum absolute atomic E-state index is 0. The maximum absolute atomic E-state index is 7.12. The predicted octanol–water partition coefficient (Wildman–Crippen LogP) is -2.38. The van der Waals surface area contributed by atoms with Crippen LogP contribution in [0.4, 0.5) is 0 Å². The summed E-state index contributed by atoms with van der Waals surface area (Å²) in [4.78, 5) is 0. The van der Waals surface area contributed by atoms with E-state index in [9.17, 15) is 0 Å². The van der Waals surface area contributed by atoms with Crippen LogP contribution in [0, 0.1) is 0 Å². The van der Waals surface area contributed by atoms with Crippen molar-refractivity contribution >= 4 is 23.1 Å². The minimum Gasteiger partial charge on any atom is -0.400 e. The molecule has 0 aliphatic rings. The molecule has 0 aromatic carbocycles. The first-order chi connectivity index (χ1) is 2.41. The van der Waals surface area contributed by atoms with E-state index >= 15 is 0 Å². The molecule has 4 heteroatoms. The fraction of sp³-hybridized carbons (Fsp3) is 1.00. The molecule has 3 N–H and O–H groups in total. The summed E-state index contributed by atoms with van der Waals surface area (Å²) >= 11 is 0. The first-order valence-electron chi connectivity index (χ1n) is 1.08. The molecule has 0 aliphatic carbocycles. The average molecular weight is 106 g/mol. The molecule has 3 nitrogen and oxygen atoms in total. The lowest BCUT2D eigenvalue weighted by Gasteiger charge is -1.55. The van der Waals surface area contributed by atoms with Crippen LogP contribution in [-0.2, 0) is 0 Å². The van der Waals surface area contributed by atoms with E-state index in [1.54, 1.807) is 0 Å². The van der Waals surface area contributed by atoms with E-state index in [0.717, 1.165) is 7.11 Å². The van der Waals surface area contributed by atoms with Crippen LogP contribution < -0.4 is 0 Å². The van der Waals surface area contributed by atoms with Gasteiger partial charge in [0.25, 0.3) is 0 Å². The number of aliphatic hydroxyl groups is 3. The van der Waals surface area contributed by atoms with Crippen molar-refractivity contribution in [1.82, 2.24) is 0 Å². The molecular weight excluding hydrogens is 96.3 g/mol. The summed E-state index contributed by atoms with van der Waals surface area (Å²) in [5.41, 5.74) is 0. The van der Waals surface area contributed by atoms with Crippen molar-refractivity contribution in [2.75, 3.05) is 13.9 Å². The van der Waals surface area contributed by atoms with Crippen molar-refractivity contribution < 1.29 is 15.3 Å². The van der Waals surface area contributed by atoms with Gasteiger partial charge in [0.05, 0.1) is 0 Å². The molecule has 38 valence electrons. The third-order valence-electron chi connectivity index (χ3n) is 0. The van der Waals surface area contributed by atoms with Gasteiger partial charge < -0.3 is 15.3 Å². The van der Waals surface area contributed by atoms with Crippen molar-refractivity contribution in [3.8, 4) is 0 Å². The highest BCUT2D eigenvalue weighted by Gasteiger charge is 1.32. The van der Waals surface area contributed by atoms with Gasteiger partial charge in [0.2, 0.25) is 0 Å². The normalized spacial score (nSPS) is 4.00. The van der Waals surface area contributed by atoms with Gasteiger partial charge in [-0.15, -0.1) is 0 Å². The molecule has 0 saturated heterocycles. The molecule has 0 radical (unpaired) electrons. The third kappa shape index (κ3) is 148. The van der Waals surface area contributed by atoms with Gasteiger partial charge in [0.1, 0.15) is 6.79 Å². The molecule has 0 atom stereocenters. The Labute approximate surface area is 52.8 Å². The molecule has 0 aromatic heterocycles. The standard InChI is InChI=1S/CH4O2.CH4O.Mg.2H/c2-1-3;1-2;;;/h2-3H,1H2;2H,1H3;;;. The molecule has 0 aliphatic heterocycles. The quantitative estimate of drug-likeness (QED) is 0.239. The molecule has 0 fully saturated rings. The molecule has 6 heavy (non-hydrogen) atoms. The van der Waals surface area contributed by atoms with Gasteiger partial charge in [-0.3, -0.25) is 0 Å². The van der Waals surface area contributed by atoms with Crippen LogP contribution in [0.3, 0.4) is 0 Å². The topological polar surface area (TPSA) is 60.7 Å². The SMILES string of the molecule is CO.OCO.[MgH2]. The van der Waals surface area contributed by atoms with Crippen molar-refractivity contribution in [3.05, 3.63) is 0 Å². The second-order valence-electron chi connectivity index (χ2n) is 0.141. The summed E-state index contributed by atoms with van der Waals surface area (Å²) in [5, 5.41) is 21.2. The van der Waals surface area contributed by atoms with E-state index in [1.165, 1.54) is 0 Å². The monoisotopic (exact) mass is 106 g/mol. The van der Waals surface area contributed by atoms with Gasteiger partial charge in [-0.2, -0.15) is 0 Å². The van der Waals surface area contributed by atoms with Crippen LogP contribution in [-0.4, -0.2) is 52.3 Å². The van der Waals surface area contributed by atoms with Gasteiger partial charge in [-0.1, -0.05) is 0 Å². The zero-order valence-electron chi connectivity index (χ0n) is 3.05. The van der Waals surface area contributed by atoms with Crippen molar-refractivity contribution in [1.29, 1.82) is 0 Å². The Kier molecular flexibility index (Phi) is 119. The molecule has 0 spiro atoms. The van der Waals surface area contributed by atoms with E-state index in [0.29, 0.717) is 0 Å². The molecule has 0 aromatic rings. The molecular formula is C2H10MgO3. The summed E-state index contributed by atoms with van der Waals surface area (Å²) in [6.45, 7) is -0.750. The van der Waals surface area contributed by atoms with Crippen molar-refractivity contribution in [2.24, 2.45) is 0 Å². The second kappa shape index (κ2) is 45.0. The molecule has 0 amide bonds. The van der Waals surface area contributed by atoms with Gasteiger partial charge in [-0.25, -0.2) is 0 Å². The Morgan fingerprint density at radius 3 is 1.17 bits per heavy atom. The Hall–Kier alpha value is 0.646. The molecule has 0 saturated carbocycles. The molecule has 0 unspecified atom stereocenters. The van der Waals surface area contributed by atoms with E-state index in [-0.39, 0.29) is 23.1 Å². The summed E-state index contributed by atoms with van der Waals surface area (Å²) in [5.74, 6) is 0. The molecule has 0 rings (SSSR count). The lowest BCUT2D eigenvalue weighted by atomic mass is 11.6. The Balaban J connectivity index is -0.0000000275. The highest BCUT2D eigenvalue weighted by molar-refractivity contribution is 5.75. The number of aliphatic hydroxyl groups excluding tert-OH is 2. The number of hydrogen-bond donors (Lipinski definition) is 3. The van der Waals surface area contributed by atoms with Gasteiger partial charge in [0, 0.05) is 7.11 Å². The van der Waals surface area contributed by atoms with Gasteiger partial charge in [0.15, 0.2) is 0 Å². The fourth-order valence-corrected chi connectivity index (χ4v) is 0. The number of hydrogen-bond acceptors (Lipinski definition) is 3. The van der Waals surface area contributed by atoms with Crippen LogP contribution in [0.2, 0.25) is 0 Å². The lowest BCUT2D eigenvalue weighted by Crippen LogP contribution is -1.66. The first-order valence-corrected chi connectivity index (χ1v) is 1.08. The highest BCUT2D eigenvalue weighted by atomic mass is 24.3. The minimum atomic E-state index is -0.750. The summed E-state index contributed by atoms with van der Waals surface area (Å²) in [7, 11) is 1.00. The zero-order valence-corrected chi connectivity index (χ0v) is 3.05. The average Bonchev–Trinajstić information content (AvgIpc) is 1.46. The Morgan fingerprint density at radius 2 is 1.17 bits per heavy atom. The van der Waals surface area contributed by atoms with Crippen LogP contribution in [0.25, 0.3) is 0 Å². The van der Waals surface area contributed by atoms with E-state index < -0.39 is 6.79 Å². The maximum Gasteiger partial charge on any atom is 0.316 e. The van der Waals surface area contributed by atoms with Crippen LogP contribution >= 0.6 is 0 Å². The largest absolute Gasteiger partial charge is 0.400 e. The molecule has 0 heterocycles. The van der Waals surface area contributed by atoms with Crippen molar-refractivity contribution in [2.45, 2.75) is 0 Å². The second-order valence-corrected chi connectivity index (χ2v) is 0.141. The lowest BCUT2D eigenvalue weighted by molar-refractivity contribution is 0.0773. The molecule has 0 bridgehead atoms. The third-order valence-corrected chi connectivity index (χ3v) is 0. The van der Waals surface area contributed by atoms with Crippen LogP contribution in [0.15, 0.2) is 0 Å². The smallest absolute Gasteiger partial charge is 0.316 e. The Bertz CT molecular complexity index is 8.75. The fourth-order valence-electron chi connectivity index (χ4n) is 0.